The van der Waals surface area contributed by atoms with Gasteiger partial charge in [0.25, 0.3) is 5.69 Å². The second-order valence-electron chi connectivity index (χ2n) is 10.5. The minimum atomic E-state index is -0.822. The number of methoxy groups -OCH3 is 2. The van der Waals surface area contributed by atoms with Gasteiger partial charge in [-0.25, -0.2) is 0 Å². The summed E-state index contributed by atoms with van der Waals surface area (Å²) in [4.78, 5) is 66.0. The third-order valence-corrected chi connectivity index (χ3v) is 9.07. The van der Waals surface area contributed by atoms with Gasteiger partial charge in [-0.3, -0.25) is 34.2 Å². The van der Waals surface area contributed by atoms with E-state index in [2.05, 4.69) is 15.9 Å². The molecular weight excluding hydrogens is 612 g/mol. The molecule has 0 aromatic heterocycles. The molecule has 2 amide bonds. The number of phenolic OH excluding ortho intramolecular Hbond substituents is 1. The Balaban J connectivity index is 1.48. The summed E-state index contributed by atoms with van der Waals surface area (Å²) in [7, 11) is 2.75. The lowest BCUT2D eigenvalue weighted by Crippen LogP contribution is -2.39. The van der Waals surface area contributed by atoms with Crippen LogP contribution in [0.5, 0.6) is 17.2 Å². The Labute approximate surface area is 247 Å². The molecule has 4 aliphatic rings. The molecule has 6 rings (SSSR count). The number of amides is 2. The van der Waals surface area contributed by atoms with Crippen LogP contribution in [-0.4, -0.2) is 47.6 Å². The van der Waals surface area contributed by atoms with Gasteiger partial charge in [0, 0.05) is 35.3 Å². The molecular formula is C30H23BrN2O9. The van der Waals surface area contributed by atoms with Gasteiger partial charge in [-0.05, 0) is 64.5 Å². The molecule has 0 saturated carbocycles. The summed E-state index contributed by atoms with van der Waals surface area (Å²) >= 11 is 3.20. The fraction of sp³-hybridized carbons (Fsp3) is 0.267. The standard InChI is InChI=1S/C30H23BrN2O9/c1-41-22-9-13(10-23(42-2)28(22)36)24-16-7-8-17-25(18(16)11-19-26(24)21(34)12-20(31)27(19)35)30(38)32(29(17)37)14-3-5-15(6-4-14)33(39)40/h3-7,9-10,12,17-18,24-25,36H,8,11H2,1-2H3. The van der Waals surface area contributed by atoms with E-state index in [1.54, 1.807) is 12.1 Å². The molecule has 1 saturated heterocycles. The number of phenols is 1. The predicted octanol–water partition coefficient (Wildman–Crippen LogP) is 4.28. The van der Waals surface area contributed by atoms with Crippen molar-refractivity contribution in [1.82, 2.24) is 0 Å². The first-order chi connectivity index (χ1) is 20.1. The van der Waals surface area contributed by atoms with Crippen LogP contribution in [0.3, 0.4) is 0 Å². The van der Waals surface area contributed by atoms with Gasteiger partial charge in [0.05, 0.1) is 41.1 Å². The summed E-state index contributed by atoms with van der Waals surface area (Å²) in [5, 5.41) is 21.7. The number of hydrogen-bond donors (Lipinski definition) is 1. The first kappa shape index (κ1) is 27.6. The van der Waals surface area contributed by atoms with Crippen LogP contribution in [0.4, 0.5) is 11.4 Å². The number of halogens is 1. The Kier molecular flexibility index (Phi) is 6.60. The number of aromatic hydroxyl groups is 1. The zero-order chi connectivity index (χ0) is 30.0. The minimum absolute atomic E-state index is 0.0752. The summed E-state index contributed by atoms with van der Waals surface area (Å²) in [5.74, 6) is -4.55. The average Bonchev–Trinajstić information content (AvgIpc) is 3.24. The smallest absolute Gasteiger partial charge is 0.269 e. The Bertz CT molecular complexity index is 1680. The van der Waals surface area contributed by atoms with E-state index >= 15 is 0 Å². The highest BCUT2D eigenvalue weighted by Gasteiger charge is 2.56. The molecule has 2 aromatic rings. The maximum atomic E-state index is 14.0. The Morgan fingerprint density at radius 3 is 2.24 bits per heavy atom. The molecule has 0 spiro atoms. The Morgan fingerprint density at radius 1 is 1.00 bits per heavy atom. The van der Waals surface area contributed by atoms with Crippen LogP contribution in [0.15, 0.2) is 69.8 Å². The number of carbonyl (C=O) groups excluding carboxylic acids is 4. The van der Waals surface area contributed by atoms with Crippen molar-refractivity contribution in [3.63, 3.8) is 0 Å². The highest BCUT2D eigenvalue weighted by atomic mass is 79.9. The number of benzene rings is 2. The van der Waals surface area contributed by atoms with Gasteiger partial charge in [0.1, 0.15) is 0 Å². The van der Waals surface area contributed by atoms with Crippen LogP contribution in [0.2, 0.25) is 0 Å². The van der Waals surface area contributed by atoms with E-state index in [0.29, 0.717) is 11.1 Å². The molecule has 0 bridgehead atoms. The molecule has 0 radical (unpaired) electrons. The number of rotatable bonds is 5. The van der Waals surface area contributed by atoms with E-state index in [1.165, 1.54) is 44.6 Å². The minimum Gasteiger partial charge on any atom is -0.502 e. The molecule has 2 aromatic carbocycles. The summed E-state index contributed by atoms with van der Waals surface area (Å²) < 4.78 is 10.8. The molecule has 11 nitrogen and oxygen atoms in total. The number of imide groups is 1. The molecule has 1 heterocycles. The molecule has 42 heavy (non-hydrogen) atoms. The normalized spacial score (nSPS) is 25.0. The van der Waals surface area contributed by atoms with Crippen LogP contribution in [0.1, 0.15) is 24.3 Å². The van der Waals surface area contributed by atoms with Crippen molar-refractivity contribution in [3.8, 4) is 17.2 Å². The van der Waals surface area contributed by atoms with Crippen LogP contribution in [0.25, 0.3) is 0 Å². The van der Waals surface area contributed by atoms with Gasteiger partial charge < -0.3 is 14.6 Å². The molecule has 214 valence electrons. The molecule has 4 unspecified atom stereocenters. The molecule has 12 heteroatoms. The fourth-order valence-corrected chi connectivity index (χ4v) is 7.09. The van der Waals surface area contributed by atoms with Crippen molar-refractivity contribution in [2.75, 3.05) is 19.1 Å². The number of Topliss-reactive ketones (excluding diaryl/α,β-unsaturated/α-hetero) is 1. The average molecular weight is 635 g/mol. The van der Waals surface area contributed by atoms with Gasteiger partial charge >= 0.3 is 0 Å². The summed E-state index contributed by atoms with van der Waals surface area (Å²) in [6.45, 7) is 0. The quantitative estimate of drug-likeness (QED) is 0.167. The number of hydrogen-bond acceptors (Lipinski definition) is 9. The highest BCUT2D eigenvalue weighted by molar-refractivity contribution is 9.12. The number of non-ortho nitro benzene ring substituents is 1. The molecule has 1 aliphatic heterocycles. The number of nitro groups is 1. The summed E-state index contributed by atoms with van der Waals surface area (Å²) in [5.41, 5.74) is 1.79. The number of fused-ring (bicyclic) bond motifs is 3. The highest BCUT2D eigenvalue weighted by Crippen LogP contribution is 2.56. The molecule has 1 N–H and O–H groups in total. The van der Waals surface area contributed by atoms with Gasteiger partial charge in [-0.1, -0.05) is 11.6 Å². The predicted molar refractivity (Wildman–Crippen MR) is 151 cm³/mol. The Morgan fingerprint density at radius 2 is 1.64 bits per heavy atom. The fourth-order valence-electron chi connectivity index (χ4n) is 6.64. The van der Waals surface area contributed by atoms with E-state index in [1.807, 2.05) is 6.08 Å². The van der Waals surface area contributed by atoms with Gasteiger partial charge in [0.15, 0.2) is 23.1 Å². The SMILES string of the molecule is COc1cc(C2C3=CCC4C(=O)N(c5ccc([N+](=O)[O-])cc5)C(=O)C4C3CC3=C2C(=O)C=C(Br)C3=O)cc(OC)c1O. The second kappa shape index (κ2) is 10.1. The van der Waals surface area contributed by atoms with Crippen molar-refractivity contribution < 1.29 is 38.7 Å². The van der Waals surface area contributed by atoms with Crippen LogP contribution in [-0.2, 0) is 19.2 Å². The number of allylic oxidation sites excluding steroid dienone is 6. The lowest BCUT2D eigenvalue weighted by molar-refractivity contribution is -0.384. The van der Waals surface area contributed by atoms with Crippen molar-refractivity contribution >= 4 is 50.7 Å². The zero-order valence-corrected chi connectivity index (χ0v) is 23.9. The number of ether oxygens (including phenoxy) is 2. The van der Waals surface area contributed by atoms with Crippen molar-refractivity contribution in [3.05, 3.63) is 85.4 Å². The number of carbonyl (C=O) groups is 4. The largest absolute Gasteiger partial charge is 0.502 e. The number of anilines is 1. The maximum absolute atomic E-state index is 14.0. The van der Waals surface area contributed by atoms with E-state index in [4.69, 9.17) is 9.47 Å². The lowest BCUT2D eigenvalue weighted by atomic mass is 9.59. The third-order valence-electron chi connectivity index (χ3n) is 8.49. The third kappa shape index (κ3) is 4.00. The first-order valence-electron chi connectivity index (χ1n) is 13.0. The van der Waals surface area contributed by atoms with Crippen LogP contribution < -0.4 is 14.4 Å². The molecule has 3 aliphatic carbocycles. The van der Waals surface area contributed by atoms with Crippen LogP contribution >= 0.6 is 15.9 Å². The topological polar surface area (TPSA) is 153 Å². The summed E-state index contributed by atoms with van der Waals surface area (Å²) in [6, 6.07) is 8.33. The second-order valence-corrected chi connectivity index (χ2v) is 11.3. The lowest BCUT2D eigenvalue weighted by Gasteiger charge is -2.42. The summed E-state index contributed by atoms with van der Waals surface area (Å²) in [6.07, 6.45) is 3.39. The monoisotopic (exact) mass is 634 g/mol. The van der Waals surface area contributed by atoms with E-state index in [0.717, 1.165) is 4.90 Å². The maximum Gasteiger partial charge on any atom is 0.269 e. The number of nitro benzene ring substituents is 1. The zero-order valence-electron chi connectivity index (χ0n) is 22.3. The Hall–Kier alpha value is -4.58. The van der Waals surface area contributed by atoms with Crippen LogP contribution in [0, 0.1) is 27.9 Å². The van der Waals surface area contributed by atoms with Crippen molar-refractivity contribution in [2.24, 2.45) is 17.8 Å². The van der Waals surface area contributed by atoms with Gasteiger partial charge in [-0.15, -0.1) is 0 Å². The molecule has 4 atom stereocenters. The van der Waals surface area contributed by atoms with Gasteiger partial charge in [0.2, 0.25) is 17.6 Å². The van der Waals surface area contributed by atoms with Gasteiger partial charge in [-0.2, -0.15) is 0 Å². The van der Waals surface area contributed by atoms with Crippen molar-refractivity contribution in [1.29, 1.82) is 0 Å². The van der Waals surface area contributed by atoms with E-state index < -0.39 is 40.4 Å². The van der Waals surface area contributed by atoms with Crippen molar-refractivity contribution in [2.45, 2.75) is 18.8 Å². The van der Waals surface area contributed by atoms with E-state index in [-0.39, 0.29) is 68.7 Å². The first-order valence-corrected chi connectivity index (χ1v) is 13.8. The molecule has 1 fully saturated rings. The number of nitrogens with zero attached hydrogens (tertiary/aromatic N) is 2. The number of ketones is 2. The van der Waals surface area contributed by atoms with E-state index in [9.17, 15) is 34.4 Å².